The summed E-state index contributed by atoms with van der Waals surface area (Å²) in [5.74, 6) is -0.919. The molecule has 1 aromatic heterocycles. The number of aromatic nitrogens is 1. The van der Waals surface area contributed by atoms with Gasteiger partial charge in [0.25, 0.3) is 0 Å². The molecule has 0 spiro atoms. The van der Waals surface area contributed by atoms with E-state index in [9.17, 15) is 0 Å². The Morgan fingerprint density at radius 3 is 2.42 bits per heavy atom. The number of rotatable bonds is 6. The maximum atomic E-state index is 5.93. The molecule has 0 unspecified atom stereocenters. The Morgan fingerprint density at radius 2 is 1.79 bits per heavy atom. The summed E-state index contributed by atoms with van der Waals surface area (Å²) in [7, 11) is 0. The van der Waals surface area contributed by atoms with Crippen molar-refractivity contribution in [3.63, 3.8) is 0 Å². The van der Waals surface area contributed by atoms with Gasteiger partial charge in [0.05, 0.1) is 6.54 Å². The van der Waals surface area contributed by atoms with E-state index in [1.165, 1.54) is 0 Å². The lowest BCUT2D eigenvalue weighted by Gasteiger charge is -2.32. The highest BCUT2D eigenvalue weighted by Gasteiger charge is 2.34. The minimum absolute atomic E-state index is 0.254. The van der Waals surface area contributed by atoms with Crippen LogP contribution in [0.3, 0.4) is 0 Å². The number of hydrogen-bond donors (Lipinski definition) is 1. The van der Waals surface area contributed by atoms with Crippen molar-refractivity contribution in [2.45, 2.75) is 19.6 Å². The summed E-state index contributed by atoms with van der Waals surface area (Å²) in [5, 5.41) is 2.11. The zero-order chi connectivity index (χ0) is 13.7. The number of nitrogens with zero attached hydrogens (tertiary/aromatic N) is 1. The Labute approximate surface area is 113 Å². The van der Waals surface area contributed by atoms with Crippen LogP contribution in [0.25, 0.3) is 10.8 Å². The SMILES string of the molecule is CCOC(CN)(OCC)c1cncc2ccccc12. The van der Waals surface area contributed by atoms with Crippen LogP contribution in [0.15, 0.2) is 36.7 Å². The lowest BCUT2D eigenvalue weighted by Crippen LogP contribution is -2.41. The van der Waals surface area contributed by atoms with E-state index in [2.05, 4.69) is 4.98 Å². The molecule has 1 aromatic carbocycles. The molecule has 102 valence electrons. The van der Waals surface area contributed by atoms with E-state index in [1.54, 1.807) is 6.20 Å². The van der Waals surface area contributed by atoms with Gasteiger partial charge in [-0.2, -0.15) is 0 Å². The zero-order valence-electron chi connectivity index (χ0n) is 11.4. The van der Waals surface area contributed by atoms with Crippen LogP contribution in [0.1, 0.15) is 19.4 Å². The molecule has 0 aliphatic carbocycles. The van der Waals surface area contributed by atoms with Gasteiger partial charge in [0.15, 0.2) is 0 Å². The molecule has 0 saturated carbocycles. The molecule has 0 radical (unpaired) electrons. The van der Waals surface area contributed by atoms with E-state index >= 15 is 0 Å². The van der Waals surface area contributed by atoms with Gasteiger partial charge in [0.2, 0.25) is 5.79 Å². The monoisotopic (exact) mass is 260 g/mol. The van der Waals surface area contributed by atoms with Crippen molar-refractivity contribution in [2.24, 2.45) is 5.73 Å². The molecule has 2 N–H and O–H groups in total. The van der Waals surface area contributed by atoms with Crippen molar-refractivity contribution in [1.82, 2.24) is 4.98 Å². The summed E-state index contributed by atoms with van der Waals surface area (Å²) in [6.45, 7) is 5.18. The first-order chi connectivity index (χ1) is 9.27. The highest BCUT2D eigenvalue weighted by molar-refractivity contribution is 5.85. The molecular formula is C15H20N2O2. The van der Waals surface area contributed by atoms with Gasteiger partial charge in [-0.15, -0.1) is 0 Å². The molecule has 0 fully saturated rings. The number of pyridine rings is 1. The molecule has 4 heteroatoms. The Hall–Kier alpha value is -1.49. The van der Waals surface area contributed by atoms with E-state index in [0.29, 0.717) is 13.2 Å². The Bertz CT molecular complexity index is 531. The lowest BCUT2D eigenvalue weighted by molar-refractivity contribution is -0.234. The fourth-order valence-corrected chi connectivity index (χ4v) is 2.31. The van der Waals surface area contributed by atoms with Crippen LogP contribution in [0.2, 0.25) is 0 Å². The number of benzene rings is 1. The van der Waals surface area contributed by atoms with E-state index in [-0.39, 0.29) is 6.54 Å². The predicted octanol–water partition coefficient (Wildman–Crippen LogP) is 2.42. The van der Waals surface area contributed by atoms with E-state index in [0.717, 1.165) is 16.3 Å². The van der Waals surface area contributed by atoms with E-state index in [4.69, 9.17) is 15.2 Å². The largest absolute Gasteiger partial charge is 0.345 e. The molecule has 1 heterocycles. The third kappa shape index (κ3) is 2.61. The predicted molar refractivity (Wildman–Crippen MR) is 75.7 cm³/mol. The molecule has 4 nitrogen and oxygen atoms in total. The van der Waals surface area contributed by atoms with Crippen molar-refractivity contribution >= 4 is 10.8 Å². The first-order valence-electron chi connectivity index (χ1n) is 6.58. The number of fused-ring (bicyclic) bond motifs is 1. The average molecular weight is 260 g/mol. The van der Waals surface area contributed by atoms with Crippen LogP contribution in [0.5, 0.6) is 0 Å². The van der Waals surface area contributed by atoms with Crippen molar-refractivity contribution in [3.05, 3.63) is 42.2 Å². The summed E-state index contributed by atoms with van der Waals surface area (Å²) < 4.78 is 11.7. The molecule has 0 aliphatic rings. The molecule has 0 atom stereocenters. The maximum Gasteiger partial charge on any atom is 0.209 e. The molecular weight excluding hydrogens is 240 g/mol. The van der Waals surface area contributed by atoms with Crippen LogP contribution < -0.4 is 5.73 Å². The molecule has 2 aromatic rings. The second-order valence-electron chi connectivity index (χ2n) is 4.23. The van der Waals surface area contributed by atoms with Crippen LogP contribution in [-0.4, -0.2) is 24.7 Å². The Kier molecular flexibility index (Phi) is 4.47. The summed E-state index contributed by atoms with van der Waals surface area (Å²) in [6, 6.07) is 8.03. The molecule has 0 aliphatic heterocycles. The van der Waals surface area contributed by atoms with Gasteiger partial charge in [0.1, 0.15) is 0 Å². The van der Waals surface area contributed by atoms with E-state index in [1.807, 2.05) is 44.3 Å². The number of nitrogens with two attached hydrogens (primary N) is 1. The van der Waals surface area contributed by atoms with Gasteiger partial charge in [-0.3, -0.25) is 4.98 Å². The van der Waals surface area contributed by atoms with Crippen molar-refractivity contribution in [3.8, 4) is 0 Å². The number of hydrogen-bond acceptors (Lipinski definition) is 4. The Balaban J connectivity index is 2.61. The van der Waals surface area contributed by atoms with Crippen molar-refractivity contribution in [1.29, 1.82) is 0 Å². The van der Waals surface area contributed by atoms with Crippen LogP contribution in [-0.2, 0) is 15.3 Å². The molecule has 2 rings (SSSR count). The topological polar surface area (TPSA) is 57.4 Å². The first kappa shape index (κ1) is 13.9. The third-order valence-corrected chi connectivity index (χ3v) is 3.10. The summed E-state index contributed by atoms with van der Waals surface area (Å²) in [6.07, 6.45) is 3.61. The normalized spacial score (nSPS) is 11.9. The van der Waals surface area contributed by atoms with Crippen molar-refractivity contribution < 1.29 is 9.47 Å². The average Bonchev–Trinajstić information content (AvgIpc) is 2.46. The molecule has 0 amide bonds. The standard InChI is InChI=1S/C15H20N2O2/c1-3-18-15(11-16,19-4-2)14-10-17-9-12-7-5-6-8-13(12)14/h5-10H,3-4,11,16H2,1-2H3. The minimum atomic E-state index is -0.919. The molecule has 0 saturated heterocycles. The number of ether oxygens (including phenoxy) is 2. The van der Waals surface area contributed by atoms with Crippen molar-refractivity contribution in [2.75, 3.05) is 19.8 Å². The summed E-state index contributed by atoms with van der Waals surface area (Å²) in [5.41, 5.74) is 6.81. The fraction of sp³-hybridized carbons (Fsp3) is 0.400. The maximum absolute atomic E-state index is 5.93. The van der Waals surface area contributed by atoms with Gasteiger partial charge < -0.3 is 15.2 Å². The second-order valence-corrected chi connectivity index (χ2v) is 4.23. The smallest absolute Gasteiger partial charge is 0.209 e. The highest BCUT2D eigenvalue weighted by atomic mass is 16.7. The van der Waals surface area contributed by atoms with E-state index < -0.39 is 5.79 Å². The van der Waals surface area contributed by atoms with Gasteiger partial charge >= 0.3 is 0 Å². The first-order valence-corrected chi connectivity index (χ1v) is 6.58. The quantitative estimate of drug-likeness (QED) is 0.810. The third-order valence-electron chi connectivity index (χ3n) is 3.10. The van der Waals surface area contributed by atoms with Gasteiger partial charge in [-0.05, 0) is 19.2 Å². The van der Waals surface area contributed by atoms with Gasteiger partial charge in [-0.25, -0.2) is 0 Å². The lowest BCUT2D eigenvalue weighted by atomic mass is 10.0. The zero-order valence-corrected chi connectivity index (χ0v) is 11.4. The Morgan fingerprint density at radius 1 is 1.11 bits per heavy atom. The van der Waals surface area contributed by atoms with Crippen LogP contribution >= 0.6 is 0 Å². The highest BCUT2D eigenvalue weighted by Crippen LogP contribution is 2.31. The van der Waals surface area contributed by atoms with Gasteiger partial charge in [0, 0.05) is 36.6 Å². The van der Waals surface area contributed by atoms with Gasteiger partial charge in [-0.1, -0.05) is 24.3 Å². The fourth-order valence-electron chi connectivity index (χ4n) is 2.31. The molecule has 0 bridgehead atoms. The summed E-state index contributed by atoms with van der Waals surface area (Å²) >= 11 is 0. The van der Waals surface area contributed by atoms with Crippen LogP contribution in [0, 0.1) is 0 Å². The molecule has 19 heavy (non-hydrogen) atoms. The second kappa shape index (κ2) is 6.10. The summed E-state index contributed by atoms with van der Waals surface area (Å²) in [4.78, 5) is 4.28. The van der Waals surface area contributed by atoms with Crippen LogP contribution in [0.4, 0.5) is 0 Å². The minimum Gasteiger partial charge on any atom is -0.345 e.